The first kappa shape index (κ1) is 30.6. The van der Waals surface area contributed by atoms with E-state index >= 15 is 0 Å². The fourth-order valence-corrected chi connectivity index (χ4v) is 4.45. The summed E-state index contributed by atoms with van der Waals surface area (Å²) in [6.07, 6.45) is -4.81. The van der Waals surface area contributed by atoms with Crippen LogP contribution in [0.25, 0.3) is 11.1 Å². The summed E-state index contributed by atoms with van der Waals surface area (Å²) in [5, 5.41) is 5.87. The summed E-state index contributed by atoms with van der Waals surface area (Å²) >= 11 is 0. The molecule has 0 bridgehead atoms. The van der Waals surface area contributed by atoms with Crippen LogP contribution >= 0.6 is 0 Å². The first-order valence-electron chi connectivity index (χ1n) is 13.5. The molecule has 220 valence electrons. The Morgan fingerprint density at radius 2 is 1.52 bits per heavy atom. The van der Waals surface area contributed by atoms with Crippen molar-refractivity contribution in [3.05, 3.63) is 119 Å². The van der Waals surface area contributed by atoms with Crippen LogP contribution in [0.4, 0.5) is 17.6 Å². The van der Waals surface area contributed by atoms with E-state index in [-0.39, 0.29) is 18.1 Å². The van der Waals surface area contributed by atoms with Crippen LogP contribution in [0.2, 0.25) is 0 Å². The van der Waals surface area contributed by atoms with E-state index in [2.05, 4.69) is 16.7 Å². The van der Waals surface area contributed by atoms with Gasteiger partial charge < -0.3 is 20.1 Å². The number of nitrogens with one attached hydrogen (secondary N) is 2. The van der Waals surface area contributed by atoms with E-state index in [1.165, 1.54) is 13.0 Å². The molecule has 0 heterocycles. The number of carbonyl (C=O) groups is 1. The molecule has 0 aliphatic carbocycles. The summed E-state index contributed by atoms with van der Waals surface area (Å²) in [6, 6.07) is 24.4. The summed E-state index contributed by atoms with van der Waals surface area (Å²) < 4.78 is 66.2. The SMILES string of the molecule is CC(=O)NCCNCc1ccc(OCc2cccc(-c3ccccc3)c2C)cc1OCc1cccc(C(F)(F)F)c1F. The van der Waals surface area contributed by atoms with Crippen molar-refractivity contribution in [2.24, 2.45) is 0 Å². The van der Waals surface area contributed by atoms with Crippen molar-refractivity contribution in [2.75, 3.05) is 13.1 Å². The van der Waals surface area contributed by atoms with E-state index in [0.29, 0.717) is 42.8 Å². The molecule has 42 heavy (non-hydrogen) atoms. The van der Waals surface area contributed by atoms with E-state index in [0.717, 1.165) is 28.3 Å². The summed E-state index contributed by atoms with van der Waals surface area (Å²) in [5.41, 5.74) is 3.42. The van der Waals surface area contributed by atoms with Gasteiger partial charge in [-0.25, -0.2) is 4.39 Å². The van der Waals surface area contributed by atoms with Crippen LogP contribution in [-0.4, -0.2) is 19.0 Å². The molecule has 4 aromatic rings. The lowest BCUT2D eigenvalue weighted by molar-refractivity contribution is -0.140. The zero-order valence-corrected chi connectivity index (χ0v) is 23.4. The minimum absolute atomic E-state index is 0.144. The maximum atomic E-state index is 14.6. The third-order valence-corrected chi connectivity index (χ3v) is 6.72. The minimum atomic E-state index is -4.81. The molecule has 0 aromatic heterocycles. The highest BCUT2D eigenvalue weighted by Gasteiger charge is 2.34. The molecule has 4 aromatic carbocycles. The van der Waals surface area contributed by atoms with Crippen LogP contribution in [0.1, 0.15) is 34.7 Å². The second kappa shape index (κ2) is 14.0. The molecule has 0 aliphatic heterocycles. The van der Waals surface area contributed by atoms with E-state index in [1.807, 2.05) is 49.4 Å². The Morgan fingerprint density at radius 1 is 0.810 bits per heavy atom. The van der Waals surface area contributed by atoms with Crippen molar-refractivity contribution in [3.8, 4) is 22.6 Å². The normalized spacial score (nSPS) is 11.3. The second-order valence-corrected chi connectivity index (χ2v) is 9.74. The molecule has 0 saturated carbocycles. The van der Waals surface area contributed by atoms with Gasteiger partial charge >= 0.3 is 6.18 Å². The first-order chi connectivity index (χ1) is 20.1. The van der Waals surface area contributed by atoms with Crippen molar-refractivity contribution < 1.29 is 31.8 Å². The summed E-state index contributed by atoms with van der Waals surface area (Å²) in [7, 11) is 0. The molecule has 0 saturated heterocycles. The van der Waals surface area contributed by atoms with Gasteiger partial charge in [0.15, 0.2) is 0 Å². The lowest BCUT2D eigenvalue weighted by Crippen LogP contribution is -2.30. The number of hydrogen-bond acceptors (Lipinski definition) is 4. The van der Waals surface area contributed by atoms with Crippen LogP contribution in [-0.2, 0) is 30.7 Å². The van der Waals surface area contributed by atoms with Gasteiger partial charge in [-0.15, -0.1) is 0 Å². The number of rotatable bonds is 12. The van der Waals surface area contributed by atoms with Crippen molar-refractivity contribution in [1.29, 1.82) is 0 Å². The number of halogens is 4. The van der Waals surface area contributed by atoms with Crippen LogP contribution in [0, 0.1) is 12.7 Å². The zero-order chi connectivity index (χ0) is 30.1. The molecular formula is C33H32F4N2O3. The smallest absolute Gasteiger partial charge is 0.419 e. The van der Waals surface area contributed by atoms with Gasteiger partial charge in [0.2, 0.25) is 5.91 Å². The predicted octanol–water partition coefficient (Wildman–Crippen LogP) is 7.20. The highest BCUT2D eigenvalue weighted by atomic mass is 19.4. The third kappa shape index (κ3) is 8.10. The molecule has 4 rings (SSSR count). The van der Waals surface area contributed by atoms with Crippen molar-refractivity contribution in [2.45, 2.75) is 39.8 Å². The highest BCUT2D eigenvalue weighted by molar-refractivity contribution is 5.72. The van der Waals surface area contributed by atoms with E-state index in [9.17, 15) is 22.4 Å². The lowest BCUT2D eigenvalue weighted by atomic mass is 9.97. The van der Waals surface area contributed by atoms with Crippen molar-refractivity contribution >= 4 is 5.91 Å². The van der Waals surface area contributed by atoms with Gasteiger partial charge in [0.05, 0.1) is 5.56 Å². The molecule has 2 N–H and O–H groups in total. The molecule has 9 heteroatoms. The Labute approximate surface area is 242 Å². The summed E-state index contributed by atoms with van der Waals surface area (Å²) in [5.74, 6) is -0.678. The fraction of sp³-hybridized carbons (Fsp3) is 0.242. The Balaban J connectivity index is 1.52. The highest BCUT2D eigenvalue weighted by Crippen LogP contribution is 2.33. The second-order valence-electron chi connectivity index (χ2n) is 9.74. The summed E-state index contributed by atoms with van der Waals surface area (Å²) in [4.78, 5) is 11.1. The summed E-state index contributed by atoms with van der Waals surface area (Å²) in [6.45, 7) is 4.59. The predicted molar refractivity (Wildman–Crippen MR) is 154 cm³/mol. The maximum Gasteiger partial charge on any atom is 0.419 e. The van der Waals surface area contributed by atoms with Gasteiger partial charge in [0.1, 0.15) is 30.5 Å². The quantitative estimate of drug-likeness (QED) is 0.137. The van der Waals surface area contributed by atoms with Gasteiger partial charge in [0, 0.05) is 43.8 Å². The van der Waals surface area contributed by atoms with Gasteiger partial charge in [-0.1, -0.05) is 66.7 Å². The number of benzene rings is 4. The van der Waals surface area contributed by atoms with E-state index in [4.69, 9.17) is 9.47 Å². The number of amides is 1. The van der Waals surface area contributed by atoms with E-state index < -0.39 is 24.2 Å². The molecule has 0 aliphatic rings. The van der Waals surface area contributed by atoms with E-state index in [1.54, 1.807) is 18.2 Å². The Hall–Kier alpha value is -4.37. The van der Waals surface area contributed by atoms with Crippen molar-refractivity contribution in [3.63, 3.8) is 0 Å². The topological polar surface area (TPSA) is 59.6 Å². The van der Waals surface area contributed by atoms with Crippen LogP contribution < -0.4 is 20.1 Å². The average molecular weight is 581 g/mol. The Bertz CT molecular complexity index is 1510. The first-order valence-corrected chi connectivity index (χ1v) is 13.5. The number of alkyl halides is 3. The molecule has 0 unspecified atom stereocenters. The molecule has 1 amide bonds. The molecule has 0 spiro atoms. The van der Waals surface area contributed by atoms with Crippen LogP contribution in [0.15, 0.2) is 84.9 Å². The number of carbonyl (C=O) groups excluding carboxylic acids is 1. The van der Waals surface area contributed by atoms with Crippen LogP contribution in [0.3, 0.4) is 0 Å². The number of ether oxygens (including phenoxy) is 2. The zero-order valence-electron chi connectivity index (χ0n) is 23.4. The van der Waals surface area contributed by atoms with Gasteiger partial charge in [-0.2, -0.15) is 13.2 Å². The monoisotopic (exact) mass is 580 g/mol. The molecule has 0 fully saturated rings. The lowest BCUT2D eigenvalue weighted by Gasteiger charge is -2.17. The van der Waals surface area contributed by atoms with Gasteiger partial charge in [-0.3, -0.25) is 4.79 Å². The molecule has 0 atom stereocenters. The molecule has 5 nitrogen and oxygen atoms in total. The minimum Gasteiger partial charge on any atom is -0.489 e. The van der Waals surface area contributed by atoms with Crippen molar-refractivity contribution in [1.82, 2.24) is 10.6 Å². The van der Waals surface area contributed by atoms with Crippen LogP contribution in [0.5, 0.6) is 11.5 Å². The Morgan fingerprint density at radius 3 is 2.26 bits per heavy atom. The Kier molecular flexibility index (Phi) is 10.2. The fourth-order valence-electron chi connectivity index (χ4n) is 4.45. The van der Waals surface area contributed by atoms with Gasteiger partial charge in [-0.05, 0) is 41.3 Å². The third-order valence-electron chi connectivity index (χ3n) is 6.72. The standard InChI is InChI=1S/C33H32F4N2O3/c1-22-26(10-6-12-29(22)24-8-4-3-5-9-24)20-41-28-15-14-25(19-38-16-17-39-23(2)40)31(18-28)42-21-27-11-7-13-30(32(27)34)33(35,36)37/h3-15,18,38H,16-17,19-21H2,1-2H3,(H,39,40). The molecular weight excluding hydrogens is 548 g/mol. The largest absolute Gasteiger partial charge is 0.489 e. The average Bonchev–Trinajstić information content (AvgIpc) is 2.96. The number of hydrogen-bond donors (Lipinski definition) is 2. The maximum absolute atomic E-state index is 14.6. The molecule has 0 radical (unpaired) electrons. The van der Waals surface area contributed by atoms with Gasteiger partial charge in [0.25, 0.3) is 0 Å².